The molecule has 9 nitrogen and oxygen atoms in total. The van der Waals surface area contributed by atoms with Gasteiger partial charge in [0.1, 0.15) is 11.9 Å². The maximum atomic E-state index is 13.3. The van der Waals surface area contributed by atoms with E-state index in [0.29, 0.717) is 12.2 Å². The molecule has 4 rings (SSSR count). The van der Waals surface area contributed by atoms with E-state index in [1.54, 1.807) is 30.1 Å². The third-order valence-electron chi connectivity index (χ3n) is 6.30. The highest BCUT2D eigenvalue weighted by atomic mass is 16.5. The largest absolute Gasteiger partial charge is 0.383 e. The zero-order chi connectivity index (χ0) is 24.8. The van der Waals surface area contributed by atoms with Crippen LogP contribution in [-0.2, 0) is 23.2 Å². The Kier molecular flexibility index (Phi) is 7.77. The number of aryl methyl sites for hydroxylation is 1. The Morgan fingerprint density at radius 3 is 2.60 bits per heavy atom. The summed E-state index contributed by atoms with van der Waals surface area (Å²) in [5, 5.41) is 10.1. The van der Waals surface area contributed by atoms with Crippen molar-refractivity contribution in [2.75, 3.05) is 5.73 Å². The van der Waals surface area contributed by atoms with E-state index in [1.807, 2.05) is 43.6 Å². The Hall–Kier alpha value is -3.72. The molecule has 2 aromatic heterocycles. The van der Waals surface area contributed by atoms with E-state index in [2.05, 4.69) is 20.7 Å². The van der Waals surface area contributed by atoms with Gasteiger partial charge >= 0.3 is 0 Å². The number of carbonyl (C=O) groups is 2. The van der Waals surface area contributed by atoms with Crippen molar-refractivity contribution in [2.45, 2.75) is 57.4 Å². The minimum Gasteiger partial charge on any atom is -0.383 e. The van der Waals surface area contributed by atoms with E-state index in [4.69, 9.17) is 10.5 Å². The third kappa shape index (κ3) is 6.24. The first-order chi connectivity index (χ1) is 16.9. The first kappa shape index (κ1) is 24.4. The highest BCUT2D eigenvalue weighted by molar-refractivity contribution is 6.01. The lowest BCUT2D eigenvalue weighted by molar-refractivity contribution is -0.127. The summed E-state index contributed by atoms with van der Waals surface area (Å²) in [4.78, 5) is 30.7. The van der Waals surface area contributed by atoms with E-state index in [9.17, 15) is 9.59 Å². The Morgan fingerprint density at radius 2 is 1.91 bits per heavy atom. The summed E-state index contributed by atoms with van der Waals surface area (Å²) in [7, 11) is 1.81. The van der Waals surface area contributed by atoms with Gasteiger partial charge in [-0.3, -0.25) is 14.3 Å². The second-order valence-electron chi connectivity index (χ2n) is 9.00. The van der Waals surface area contributed by atoms with Gasteiger partial charge in [0.2, 0.25) is 5.91 Å². The number of aromatic nitrogens is 3. The highest BCUT2D eigenvalue weighted by Gasteiger charge is 2.31. The molecule has 9 heteroatoms. The van der Waals surface area contributed by atoms with Gasteiger partial charge in [0.25, 0.3) is 5.91 Å². The van der Waals surface area contributed by atoms with Crippen LogP contribution in [0.25, 0.3) is 11.1 Å². The normalized spacial score (nSPS) is 15.5. The summed E-state index contributed by atoms with van der Waals surface area (Å²) in [6.45, 7) is 2.11. The SMILES string of the molecule is C[C@@H](OCc1ccccc1)[C@H](NC(=O)c1cc(-c2cnn(C)c2)cnc1N)C(=O)NC1CCCC1. The van der Waals surface area contributed by atoms with Crippen molar-refractivity contribution >= 4 is 17.6 Å². The Balaban J connectivity index is 1.52. The van der Waals surface area contributed by atoms with Crippen molar-refractivity contribution < 1.29 is 14.3 Å². The fourth-order valence-electron chi connectivity index (χ4n) is 4.26. The van der Waals surface area contributed by atoms with Gasteiger partial charge in [-0.1, -0.05) is 43.2 Å². The van der Waals surface area contributed by atoms with Crippen LogP contribution in [0.3, 0.4) is 0 Å². The zero-order valence-electron chi connectivity index (χ0n) is 20.1. The molecule has 0 saturated heterocycles. The van der Waals surface area contributed by atoms with Crippen LogP contribution in [0.1, 0.15) is 48.5 Å². The van der Waals surface area contributed by atoms with Crippen LogP contribution in [0.2, 0.25) is 0 Å². The summed E-state index contributed by atoms with van der Waals surface area (Å²) in [6.07, 6.45) is 8.59. The lowest BCUT2D eigenvalue weighted by Crippen LogP contribution is -2.54. The summed E-state index contributed by atoms with van der Waals surface area (Å²) in [5.74, 6) is -0.661. The van der Waals surface area contributed by atoms with Crippen LogP contribution in [-0.4, -0.2) is 44.8 Å². The lowest BCUT2D eigenvalue weighted by Gasteiger charge is -2.26. The second kappa shape index (κ2) is 11.1. The molecule has 0 radical (unpaired) electrons. The number of ether oxygens (including phenoxy) is 1. The fourth-order valence-corrected chi connectivity index (χ4v) is 4.26. The minimum absolute atomic E-state index is 0.0861. The van der Waals surface area contributed by atoms with E-state index in [0.717, 1.165) is 36.8 Å². The Bertz CT molecular complexity index is 1160. The van der Waals surface area contributed by atoms with Crippen molar-refractivity contribution in [3.05, 3.63) is 66.1 Å². The molecule has 0 spiro atoms. The number of carbonyl (C=O) groups excluding carboxylic acids is 2. The molecule has 35 heavy (non-hydrogen) atoms. The van der Waals surface area contributed by atoms with Crippen molar-refractivity contribution in [3.63, 3.8) is 0 Å². The standard InChI is InChI=1S/C26H32N6O3/c1-17(35-16-18-8-4-3-5-9-18)23(26(34)30-21-10-6-7-11-21)31-25(33)22-12-19(13-28-24(22)27)20-14-29-32(2)15-20/h3-5,8-9,12-15,17,21,23H,6-7,10-11,16H2,1-2H3,(H2,27,28)(H,30,34)(H,31,33)/t17-,23+/m1/s1. The number of amides is 2. The van der Waals surface area contributed by atoms with E-state index >= 15 is 0 Å². The number of pyridine rings is 1. The average Bonchev–Trinajstić information content (AvgIpc) is 3.53. The predicted molar refractivity (Wildman–Crippen MR) is 133 cm³/mol. The number of nitrogens with zero attached hydrogens (tertiary/aromatic N) is 3. The lowest BCUT2D eigenvalue weighted by atomic mass is 10.1. The number of nitrogens with one attached hydrogen (secondary N) is 2. The van der Waals surface area contributed by atoms with Gasteiger partial charge in [0.05, 0.1) is 24.5 Å². The number of nitrogen functional groups attached to an aromatic ring is 1. The number of rotatable bonds is 9. The topological polar surface area (TPSA) is 124 Å². The predicted octanol–water partition coefficient (Wildman–Crippen LogP) is 2.83. The van der Waals surface area contributed by atoms with Crippen LogP contribution < -0.4 is 16.4 Å². The van der Waals surface area contributed by atoms with Crippen LogP contribution in [0.4, 0.5) is 5.82 Å². The molecule has 184 valence electrons. The van der Waals surface area contributed by atoms with Crippen LogP contribution in [0.5, 0.6) is 0 Å². The molecule has 0 aliphatic heterocycles. The molecule has 1 aliphatic carbocycles. The van der Waals surface area contributed by atoms with Crippen LogP contribution in [0, 0.1) is 0 Å². The van der Waals surface area contributed by atoms with Gasteiger partial charge in [-0.2, -0.15) is 5.10 Å². The van der Waals surface area contributed by atoms with Crippen LogP contribution >= 0.6 is 0 Å². The number of hydrogen-bond acceptors (Lipinski definition) is 6. The van der Waals surface area contributed by atoms with Gasteiger partial charge in [0, 0.05) is 36.6 Å². The van der Waals surface area contributed by atoms with Crippen molar-refractivity contribution in [1.82, 2.24) is 25.4 Å². The molecular formula is C26H32N6O3. The van der Waals surface area contributed by atoms with Gasteiger partial charge in [0.15, 0.2) is 0 Å². The summed E-state index contributed by atoms with van der Waals surface area (Å²) < 4.78 is 7.67. The quantitative estimate of drug-likeness (QED) is 0.436. The van der Waals surface area contributed by atoms with Crippen molar-refractivity contribution in [2.24, 2.45) is 7.05 Å². The number of nitrogens with two attached hydrogens (primary N) is 1. The highest BCUT2D eigenvalue weighted by Crippen LogP contribution is 2.22. The molecule has 1 fully saturated rings. The van der Waals surface area contributed by atoms with Crippen molar-refractivity contribution in [1.29, 1.82) is 0 Å². The first-order valence-electron chi connectivity index (χ1n) is 11.9. The smallest absolute Gasteiger partial charge is 0.255 e. The van der Waals surface area contributed by atoms with Gasteiger partial charge in [-0.05, 0) is 31.4 Å². The first-order valence-corrected chi connectivity index (χ1v) is 11.9. The molecule has 0 bridgehead atoms. The van der Waals surface area contributed by atoms with E-state index in [-0.39, 0.29) is 23.3 Å². The molecule has 1 aliphatic rings. The summed E-state index contributed by atoms with van der Waals surface area (Å²) in [5.41, 5.74) is 8.74. The molecule has 2 amide bonds. The summed E-state index contributed by atoms with van der Waals surface area (Å²) >= 11 is 0. The van der Waals surface area contributed by atoms with Crippen LogP contribution in [0.15, 0.2) is 55.0 Å². The number of anilines is 1. The maximum absolute atomic E-state index is 13.3. The zero-order valence-corrected chi connectivity index (χ0v) is 20.1. The summed E-state index contributed by atoms with van der Waals surface area (Å²) in [6, 6.07) is 10.6. The van der Waals surface area contributed by atoms with E-state index in [1.165, 1.54) is 0 Å². The average molecular weight is 477 g/mol. The number of hydrogen-bond donors (Lipinski definition) is 3. The minimum atomic E-state index is -0.895. The second-order valence-corrected chi connectivity index (χ2v) is 9.00. The molecule has 4 N–H and O–H groups in total. The van der Waals surface area contributed by atoms with Gasteiger partial charge < -0.3 is 21.1 Å². The molecule has 0 unspecified atom stereocenters. The third-order valence-corrected chi connectivity index (χ3v) is 6.30. The van der Waals surface area contributed by atoms with E-state index < -0.39 is 18.1 Å². The Morgan fingerprint density at radius 1 is 1.17 bits per heavy atom. The molecular weight excluding hydrogens is 444 g/mol. The molecule has 1 aromatic carbocycles. The molecule has 3 aromatic rings. The van der Waals surface area contributed by atoms with Crippen molar-refractivity contribution in [3.8, 4) is 11.1 Å². The monoisotopic (exact) mass is 476 g/mol. The molecule has 2 heterocycles. The molecule has 1 saturated carbocycles. The number of benzene rings is 1. The van der Waals surface area contributed by atoms with Gasteiger partial charge in [-0.25, -0.2) is 4.98 Å². The Labute approximate surface area is 205 Å². The van der Waals surface area contributed by atoms with Gasteiger partial charge in [-0.15, -0.1) is 0 Å². The molecule has 2 atom stereocenters. The maximum Gasteiger partial charge on any atom is 0.255 e. The fraction of sp³-hybridized carbons (Fsp3) is 0.385.